The molecule has 0 bridgehead atoms. The first-order chi connectivity index (χ1) is 6.86. The lowest BCUT2D eigenvalue weighted by Gasteiger charge is -2.08. The first-order valence-corrected chi connectivity index (χ1v) is 3.77. The van der Waals surface area contributed by atoms with Crippen LogP contribution in [0.1, 0.15) is 16.1 Å². The lowest BCUT2D eigenvalue weighted by Crippen LogP contribution is -2.12. The van der Waals surface area contributed by atoms with Crippen molar-refractivity contribution in [3.63, 3.8) is 0 Å². The predicted molar refractivity (Wildman–Crippen MR) is 45.0 cm³/mol. The normalized spacial score (nSPS) is 11.2. The highest BCUT2D eigenvalue weighted by atomic mass is 19.4. The van der Waals surface area contributed by atoms with Crippen molar-refractivity contribution in [3.05, 3.63) is 23.5 Å². The van der Waals surface area contributed by atoms with E-state index in [-0.39, 0.29) is 11.3 Å². The molecule has 7 heteroatoms. The summed E-state index contributed by atoms with van der Waals surface area (Å²) < 4.78 is 40.7. The van der Waals surface area contributed by atoms with Crippen molar-refractivity contribution in [1.29, 1.82) is 0 Å². The summed E-state index contributed by atoms with van der Waals surface area (Å²) in [6, 6.07) is 0.590. The zero-order valence-corrected chi connectivity index (χ0v) is 7.63. The van der Waals surface area contributed by atoms with Crippen molar-refractivity contribution < 1.29 is 22.7 Å². The van der Waals surface area contributed by atoms with Crippen molar-refractivity contribution >= 4 is 11.7 Å². The van der Waals surface area contributed by atoms with Crippen LogP contribution in [0.4, 0.5) is 18.9 Å². The van der Waals surface area contributed by atoms with Gasteiger partial charge in [-0.3, -0.25) is 4.98 Å². The molecule has 0 amide bonds. The van der Waals surface area contributed by atoms with Crippen molar-refractivity contribution in [2.75, 3.05) is 12.8 Å². The third-order valence-corrected chi connectivity index (χ3v) is 1.63. The molecule has 1 rings (SSSR count). The minimum Gasteiger partial charge on any atom is -0.465 e. The largest absolute Gasteiger partial charge is 0.465 e. The van der Waals surface area contributed by atoms with E-state index in [1.165, 1.54) is 0 Å². The Hall–Kier alpha value is -1.79. The molecule has 82 valence electrons. The van der Waals surface area contributed by atoms with Gasteiger partial charge in [-0.1, -0.05) is 0 Å². The number of halogens is 3. The fourth-order valence-electron chi connectivity index (χ4n) is 0.906. The monoisotopic (exact) mass is 220 g/mol. The molecule has 1 aromatic rings. The number of hydrogen-bond acceptors (Lipinski definition) is 4. The van der Waals surface area contributed by atoms with Crippen LogP contribution in [0.2, 0.25) is 0 Å². The van der Waals surface area contributed by atoms with Crippen LogP contribution < -0.4 is 5.73 Å². The maximum absolute atomic E-state index is 12.1. The summed E-state index contributed by atoms with van der Waals surface area (Å²) in [6.07, 6.45) is -3.84. The molecule has 0 saturated carbocycles. The number of methoxy groups -OCH3 is 1. The number of rotatable bonds is 1. The van der Waals surface area contributed by atoms with Gasteiger partial charge in [0.15, 0.2) is 0 Å². The average Bonchev–Trinajstić information content (AvgIpc) is 2.15. The number of pyridine rings is 1. The number of aromatic nitrogens is 1. The summed E-state index contributed by atoms with van der Waals surface area (Å²) in [4.78, 5) is 14.0. The second kappa shape index (κ2) is 3.76. The summed E-state index contributed by atoms with van der Waals surface area (Å²) in [7, 11) is 1.10. The fourth-order valence-corrected chi connectivity index (χ4v) is 0.906. The summed E-state index contributed by atoms with van der Waals surface area (Å²) >= 11 is 0. The molecule has 0 aliphatic heterocycles. The number of esters is 1. The van der Waals surface area contributed by atoms with E-state index in [4.69, 9.17) is 5.73 Å². The SMILES string of the molecule is COC(=O)c1cnc(C(F)(F)F)cc1N. The summed E-state index contributed by atoms with van der Waals surface area (Å²) in [5, 5.41) is 0. The van der Waals surface area contributed by atoms with E-state index >= 15 is 0 Å². The van der Waals surface area contributed by atoms with Gasteiger partial charge in [0.25, 0.3) is 0 Å². The van der Waals surface area contributed by atoms with Gasteiger partial charge in [-0.15, -0.1) is 0 Å². The molecule has 0 aromatic carbocycles. The number of nitrogens with zero attached hydrogens (tertiary/aromatic N) is 1. The molecular formula is C8H7F3N2O2. The summed E-state index contributed by atoms with van der Waals surface area (Å²) in [6.45, 7) is 0. The molecule has 15 heavy (non-hydrogen) atoms. The Labute approximate surface area is 82.9 Å². The highest BCUT2D eigenvalue weighted by Gasteiger charge is 2.33. The molecule has 0 fully saturated rings. The van der Waals surface area contributed by atoms with E-state index in [0.717, 1.165) is 13.3 Å². The number of anilines is 1. The van der Waals surface area contributed by atoms with E-state index in [1.54, 1.807) is 0 Å². The first-order valence-electron chi connectivity index (χ1n) is 3.77. The number of carbonyl (C=O) groups is 1. The van der Waals surface area contributed by atoms with Crippen LogP contribution in [0.15, 0.2) is 12.3 Å². The molecule has 4 nitrogen and oxygen atoms in total. The van der Waals surface area contributed by atoms with Gasteiger partial charge in [0.05, 0.1) is 7.11 Å². The highest BCUT2D eigenvalue weighted by Crippen LogP contribution is 2.29. The highest BCUT2D eigenvalue weighted by molar-refractivity contribution is 5.94. The minimum absolute atomic E-state index is 0.189. The molecule has 1 heterocycles. The zero-order valence-electron chi connectivity index (χ0n) is 7.63. The third-order valence-electron chi connectivity index (χ3n) is 1.63. The maximum atomic E-state index is 12.1. The molecule has 1 aromatic heterocycles. The van der Waals surface area contributed by atoms with E-state index in [0.29, 0.717) is 6.07 Å². The molecule has 2 N–H and O–H groups in total. The number of carbonyl (C=O) groups excluding carboxylic acids is 1. The van der Waals surface area contributed by atoms with Gasteiger partial charge in [-0.2, -0.15) is 13.2 Å². The molecular weight excluding hydrogens is 213 g/mol. The molecule has 0 atom stereocenters. The predicted octanol–water partition coefficient (Wildman–Crippen LogP) is 1.47. The molecule has 0 spiro atoms. The van der Waals surface area contributed by atoms with E-state index in [2.05, 4.69) is 9.72 Å². The van der Waals surface area contributed by atoms with Gasteiger partial charge in [0.2, 0.25) is 0 Å². The van der Waals surface area contributed by atoms with Gasteiger partial charge in [0.1, 0.15) is 11.3 Å². The Morgan fingerprint density at radius 2 is 2.13 bits per heavy atom. The Kier molecular flexibility index (Phi) is 2.83. The van der Waals surface area contributed by atoms with Crippen LogP contribution in [0.5, 0.6) is 0 Å². The third kappa shape index (κ3) is 2.36. The Morgan fingerprint density at radius 3 is 2.53 bits per heavy atom. The number of alkyl halides is 3. The number of hydrogen-bond donors (Lipinski definition) is 1. The molecule has 0 unspecified atom stereocenters. The van der Waals surface area contributed by atoms with Crippen LogP contribution in [-0.4, -0.2) is 18.1 Å². The number of nitrogen functional groups attached to an aromatic ring is 1. The fraction of sp³-hybridized carbons (Fsp3) is 0.250. The Morgan fingerprint density at radius 1 is 1.53 bits per heavy atom. The van der Waals surface area contributed by atoms with E-state index in [9.17, 15) is 18.0 Å². The molecule has 0 aliphatic carbocycles. The van der Waals surface area contributed by atoms with Crippen molar-refractivity contribution in [1.82, 2.24) is 4.98 Å². The standard InChI is InChI=1S/C8H7F3N2O2/c1-15-7(14)4-3-13-6(2-5(4)12)8(9,10)11/h2-3H,1H3,(H2,12,13). The van der Waals surface area contributed by atoms with Crippen LogP contribution in [-0.2, 0) is 10.9 Å². The van der Waals surface area contributed by atoms with Crippen molar-refractivity contribution in [2.45, 2.75) is 6.18 Å². The summed E-state index contributed by atoms with van der Waals surface area (Å²) in [5.41, 5.74) is 3.60. The zero-order chi connectivity index (χ0) is 11.6. The topological polar surface area (TPSA) is 65.2 Å². The van der Waals surface area contributed by atoms with Gasteiger partial charge in [0, 0.05) is 11.9 Å². The smallest absolute Gasteiger partial charge is 0.433 e. The maximum Gasteiger partial charge on any atom is 0.433 e. The van der Waals surface area contributed by atoms with E-state index in [1.807, 2.05) is 0 Å². The van der Waals surface area contributed by atoms with Crippen LogP contribution in [0, 0.1) is 0 Å². The van der Waals surface area contributed by atoms with Crippen molar-refractivity contribution in [2.24, 2.45) is 0 Å². The van der Waals surface area contributed by atoms with Gasteiger partial charge >= 0.3 is 12.1 Å². The van der Waals surface area contributed by atoms with Gasteiger partial charge in [-0.25, -0.2) is 4.79 Å². The van der Waals surface area contributed by atoms with Gasteiger partial charge in [-0.05, 0) is 6.07 Å². The van der Waals surface area contributed by atoms with Crippen molar-refractivity contribution in [3.8, 4) is 0 Å². The molecule has 0 saturated heterocycles. The quantitative estimate of drug-likeness (QED) is 0.728. The number of nitrogens with two attached hydrogens (primary N) is 1. The van der Waals surface area contributed by atoms with Crippen LogP contribution in [0.3, 0.4) is 0 Å². The Bertz CT molecular complexity index is 390. The summed E-state index contributed by atoms with van der Waals surface area (Å²) in [5.74, 6) is -0.825. The number of ether oxygens (including phenoxy) is 1. The van der Waals surface area contributed by atoms with E-state index < -0.39 is 17.8 Å². The lowest BCUT2D eigenvalue weighted by atomic mass is 10.2. The average molecular weight is 220 g/mol. The second-order valence-corrected chi connectivity index (χ2v) is 2.65. The minimum atomic E-state index is -4.58. The lowest BCUT2D eigenvalue weighted by molar-refractivity contribution is -0.141. The second-order valence-electron chi connectivity index (χ2n) is 2.65. The Balaban J connectivity index is 3.15. The van der Waals surface area contributed by atoms with Gasteiger partial charge < -0.3 is 10.5 Å². The molecule has 0 aliphatic rings. The van der Waals surface area contributed by atoms with Crippen LogP contribution in [0.25, 0.3) is 0 Å². The first kappa shape index (κ1) is 11.3. The molecule has 0 radical (unpaired) electrons. The van der Waals surface area contributed by atoms with Crippen LogP contribution >= 0.6 is 0 Å².